The van der Waals surface area contributed by atoms with Gasteiger partial charge in [0.25, 0.3) is 5.91 Å². The van der Waals surface area contributed by atoms with Gasteiger partial charge in [0.1, 0.15) is 11.5 Å². The smallest absolute Gasteiger partial charge is 0.338 e. The van der Waals surface area contributed by atoms with Gasteiger partial charge in [-0.3, -0.25) is 4.79 Å². The van der Waals surface area contributed by atoms with E-state index in [0.29, 0.717) is 22.7 Å². The minimum absolute atomic E-state index is 0.301. The summed E-state index contributed by atoms with van der Waals surface area (Å²) in [5.41, 5.74) is 5.40. The molecule has 2 N–H and O–H groups in total. The molecule has 0 fully saturated rings. The molecule has 32 heavy (non-hydrogen) atoms. The molecule has 0 saturated carbocycles. The standard InChI is InChI=1S/C24H24N4O4/c1-27-21-7-5-4-6-20(21)23(29)28(22(27)16-8-12-18(31-2)13-9-16)26-24(30)25-17-10-14-19(32-3)15-11-17/h4-15,22H,1-3H3,(H2,25,26,30). The summed E-state index contributed by atoms with van der Waals surface area (Å²) >= 11 is 0. The van der Waals surface area contributed by atoms with E-state index in [0.717, 1.165) is 11.3 Å². The van der Waals surface area contributed by atoms with Crippen molar-refractivity contribution in [1.82, 2.24) is 10.4 Å². The predicted octanol–water partition coefficient (Wildman–Crippen LogP) is 4.03. The molecule has 3 amide bonds. The molecule has 0 spiro atoms. The first-order valence-corrected chi connectivity index (χ1v) is 10.0. The van der Waals surface area contributed by atoms with Crippen molar-refractivity contribution in [2.24, 2.45) is 0 Å². The molecule has 0 saturated heterocycles. The summed E-state index contributed by atoms with van der Waals surface area (Å²) in [5, 5.41) is 4.09. The maximum Gasteiger partial charge on any atom is 0.338 e. The van der Waals surface area contributed by atoms with Crippen LogP contribution in [0.25, 0.3) is 0 Å². The highest BCUT2D eigenvalue weighted by molar-refractivity contribution is 6.03. The van der Waals surface area contributed by atoms with Crippen molar-refractivity contribution in [3.8, 4) is 11.5 Å². The fourth-order valence-corrected chi connectivity index (χ4v) is 3.71. The number of methoxy groups -OCH3 is 2. The zero-order valence-electron chi connectivity index (χ0n) is 18.0. The minimum Gasteiger partial charge on any atom is -0.497 e. The maximum atomic E-state index is 13.4. The van der Waals surface area contributed by atoms with E-state index >= 15 is 0 Å². The van der Waals surface area contributed by atoms with Gasteiger partial charge in [0, 0.05) is 12.7 Å². The predicted molar refractivity (Wildman–Crippen MR) is 122 cm³/mol. The van der Waals surface area contributed by atoms with Crippen LogP contribution < -0.4 is 25.1 Å². The largest absolute Gasteiger partial charge is 0.497 e. The molecule has 0 aliphatic carbocycles. The zero-order chi connectivity index (χ0) is 22.7. The van der Waals surface area contributed by atoms with Gasteiger partial charge >= 0.3 is 6.03 Å². The van der Waals surface area contributed by atoms with Crippen molar-refractivity contribution in [3.63, 3.8) is 0 Å². The highest BCUT2D eigenvalue weighted by atomic mass is 16.5. The number of amides is 3. The number of carbonyl (C=O) groups is 2. The summed E-state index contributed by atoms with van der Waals surface area (Å²) in [4.78, 5) is 28.1. The summed E-state index contributed by atoms with van der Waals surface area (Å²) in [7, 11) is 5.06. The van der Waals surface area contributed by atoms with Crippen LogP contribution in [0.5, 0.6) is 11.5 Å². The molecule has 0 aromatic heterocycles. The molecule has 1 aliphatic heterocycles. The van der Waals surface area contributed by atoms with E-state index < -0.39 is 12.2 Å². The fourth-order valence-electron chi connectivity index (χ4n) is 3.71. The third kappa shape index (κ3) is 4.02. The van der Waals surface area contributed by atoms with E-state index in [1.807, 2.05) is 48.3 Å². The Morgan fingerprint density at radius 3 is 2.09 bits per heavy atom. The molecular formula is C24H24N4O4. The molecule has 0 radical (unpaired) electrons. The third-order valence-corrected chi connectivity index (χ3v) is 5.33. The fraction of sp³-hybridized carbons (Fsp3) is 0.167. The summed E-state index contributed by atoms with van der Waals surface area (Å²) in [6, 6.07) is 21.1. The highest BCUT2D eigenvalue weighted by Gasteiger charge is 2.38. The molecule has 164 valence electrons. The highest BCUT2D eigenvalue weighted by Crippen LogP contribution is 2.37. The van der Waals surface area contributed by atoms with Crippen molar-refractivity contribution >= 4 is 23.3 Å². The number of carbonyl (C=O) groups excluding carboxylic acids is 2. The molecule has 1 atom stereocenters. The van der Waals surface area contributed by atoms with E-state index in [9.17, 15) is 9.59 Å². The normalized spacial score (nSPS) is 15.1. The van der Waals surface area contributed by atoms with Gasteiger partial charge in [-0.2, -0.15) is 0 Å². The van der Waals surface area contributed by atoms with E-state index in [-0.39, 0.29) is 5.91 Å². The lowest BCUT2D eigenvalue weighted by Crippen LogP contribution is -2.56. The number of hydrazine groups is 1. The van der Waals surface area contributed by atoms with Gasteiger partial charge in [0.05, 0.1) is 25.5 Å². The molecule has 4 rings (SSSR count). The second kappa shape index (κ2) is 8.89. The summed E-state index contributed by atoms with van der Waals surface area (Å²) in [6.45, 7) is 0. The van der Waals surface area contributed by atoms with Crippen molar-refractivity contribution in [2.45, 2.75) is 6.17 Å². The molecular weight excluding hydrogens is 408 g/mol. The van der Waals surface area contributed by atoms with Gasteiger partial charge in [-0.25, -0.2) is 15.2 Å². The molecule has 1 unspecified atom stereocenters. The van der Waals surface area contributed by atoms with Gasteiger partial charge in [0.2, 0.25) is 0 Å². The number of hydrogen-bond acceptors (Lipinski definition) is 5. The number of hydrogen-bond donors (Lipinski definition) is 2. The van der Waals surface area contributed by atoms with Crippen molar-refractivity contribution in [1.29, 1.82) is 0 Å². The molecule has 3 aromatic rings. The number of benzene rings is 3. The van der Waals surface area contributed by atoms with Crippen LogP contribution in [-0.2, 0) is 0 Å². The van der Waals surface area contributed by atoms with Gasteiger partial charge in [-0.15, -0.1) is 0 Å². The lowest BCUT2D eigenvalue weighted by molar-refractivity contribution is 0.0557. The van der Waals surface area contributed by atoms with E-state index in [4.69, 9.17) is 9.47 Å². The monoisotopic (exact) mass is 432 g/mol. The van der Waals surface area contributed by atoms with Crippen molar-refractivity contribution in [2.75, 3.05) is 31.5 Å². The summed E-state index contributed by atoms with van der Waals surface area (Å²) in [6.07, 6.45) is -0.551. The van der Waals surface area contributed by atoms with Crippen molar-refractivity contribution in [3.05, 3.63) is 83.9 Å². The Bertz CT molecular complexity index is 1120. The van der Waals surface area contributed by atoms with Crippen molar-refractivity contribution < 1.29 is 19.1 Å². The first-order valence-electron chi connectivity index (χ1n) is 10.0. The van der Waals surface area contributed by atoms with Crippen LogP contribution in [0.4, 0.5) is 16.2 Å². The number of urea groups is 1. The SMILES string of the molecule is COc1ccc(NC(=O)NN2C(=O)c3ccccc3N(C)C2c2ccc(OC)cc2)cc1. The Kier molecular flexibility index (Phi) is 5.85. The van der Waals surface area contributed by atoms with Crippen LogP contribution in [0.2, 0.25) is 0 Å². The van der Waals surface area contributed by atoms with Gasteiger partial charge in [-0.05, 0) is 54.1 Å². The lowest BCUT2D eigenvalue weighted by atomic mass is 10.0. The molecule has 8 nitrogen and oxygen atoms in total. The second-order valence-corrected chi connectivity index (χ2v) is 7.24. The minimum atomic E-state index is -0.551. The van der Waals surface area contributed by atoms with Crippen LogP contribution in [0, 0.1) is 0 Å². The lowest BCUT2D eigenvalue weighted by Gasteiger charge is -2.43. The van der Waals surface area contributed by atoms with Crippen LogP contribution in [0.1, 0.15) is 22.1 Å². The van der Waals surface area contributed by atoms with E-state index in [1.165, 1.54) is 5.01 Å². The molecule has 1 aliphatic rings. The second-order valence-electron chi connectivity index (χ2n) is 7.24. The van der Waals surface area contributed by atoms with Gasteiger partial charge in [0.15, 0.2) is 6.17 Å². The Hall–Kier alpha value is -4.20. The summed E-state index contributed by atoms with van der Waals surface area (Å²) < 4.78 is 10.4. The number of fused-ring (bicyclic) bond motifs is 1. The van der Waals surface area contributed by atoms with Gasteiger partial charge in [-0.1, -0.05) is 24.3 Å². The number of nitrogens with one attached hydrogen (secondary N) is 2. The van der Waals surface area contributed by atoms with Crippen LogP contribution in [0.3, 0.4) is 0 Å². The quantitative estimate of drug-likeness (QED) is 0.636. The number of anilines is 2. The first-order chi connectivity index (χ1) is 15.5. The number of para-hydroxylation sites is 1. The maximum absolute atomic E-state index is 13.4. The summed E-state index contributed by atoms with van der Waals surface area (Å²) in [5.74, 6) is 1.08. The topological polar surface area (TPSA) is 83.1 Å². The van der Waals surface area contributed by atoms with E-state index in [2.05, 4.69) is 10.7 Å². The van der Waals surface area contributed by atoms with Crippen LogP contribution in [-0.4, -0.2) is 38.2 Å². The first kappa shape index (κ1) is 21.0. The average Bonchev–Trinajstić information content (AvgIpc) is 2.83. The molecule has 1 heterocycles. The number of ether oxygens (including phenoxy) is 2. The van der Waals surface area contributed by atoms with Gasteiger partial charge < -0.3 is 19.7 Å². The average molecular weight is 432 g/mol. The van der Waals surface area contributed by atoms with E-state index in [1.54, 1.807) is 50.6 Å². The van der Waals surface area contributed by atoms with Crippen LogP contribution in [0.15, 0.2) is 72.8 Å². The zero-order valence-corrected chi connectivity index (χ0v) is 18.0. The number of rotatable bonds is 5. The molecule has 8 heteroatoms. The third-order valence-electron chi connectivity index (χ3n) is 5.33. The Labute approximate surface area is 186 Å². The molecule has 3 aromatic carbocycles. The Balaban J connectivity index is 1.64. The molecule has 0 bridgehead atoms. The Morgan fingerprint density at radius 1 is 0.875 bits per heavy atom. The number of nitrogens with zero attached hydrogens (tertiary/aromatic N) is 2. The van der Waals surface area contributed by atoms with Crippen LogP contribution >= 0.6 is 0 Å². The Morgan fingerprint density at radius 2 is 1.47 bits per heavy atom.